The van der Waals surface area contributed by atoms with Gasteiger partial charge >= 0.3 is 5.97 Å². The zero-order valence-corrected chi connectivity index (χ0v) is 7.78. The molecule has 0 radical (unpaired) electrons. The molecule has 0 aliphatic carbocycles. The Hall–Kier alpha value is -1.55. The van der Waals surface area contributed by atoms with Crippen LogP contribution in [0.2, 0.25) is 0 Å². The topological polar surface area (TPSA) is 72.5 Å². The molecule has 1 atom stereocenters. The van der Waals surface area contributed by atoms with Crippen LogP contribution in [-0.4, -0.2) is 17.7 Å². The Balaban J connectivity index is 2.57. The molecule has 0 spiro atoms. The van der Waals surface area contributed by atoms with Crippen molar-refractivity contribution in [1.29, 1.82) is 0 Å². The summed E-state index contributed by atoms with van der Waals surface area (Å²) in [5, 5.41) is 8.82. The van der Waals surface area contributed by atoms with Gasteiger partial charge in [-0.1, -0.05) is 0 Å². The van der Waals surface area contributed by atoms with Gasteiger partial charge in [0.1, 0.15) is 12.4 Å². The van der Waals surface area contributed by atoms with E-state index in [1.807, 2.05) is 6.92 Å². The van der Waals surface area contributed by atoms with Gasteiger partial charge in [-0.15, -0.1) is 0 Å². The maximum Gasteiger partial charge on any atom is 0.335 e. The van der Waals surface area contributed by atoms with Gasteiger partial charge in [-0.25, -0.2) is 4.79 Å². The highest BCUT2D eigenvalue weighted by molar-refractivity contribution is 5.88. The smallest absolute Gasteiger partial charge is 0.335 e. The summed E-state index contributed by atoms with van der Waals surface area (Å²) in [5.74, 6) is -0.338. The van der Waals surface area contributed by atoms with E-state index in [2.05, 4.69) is 0 Å². The zero-order valence-electron chi connectivity index (χ0n) is 7.78. The normalized spacial score (nSPS) is 18.9. The van der Waals surface area contributed by atoms with Crippen molar-refractivity contribution in [3.05, 3.63) is 28.8 Å². The number of ether oxygens (including phenoxy) is 1. The van der Waals surface area contributed by atoms with Crippen LogP contribution < -0.4 is 10.5 Å². The second-order valence-corrected chi connectivity index (χ2v) is 3.43. The highest BCUT2D eigenvalue weighted by Gasteiger charge is 2.24. The number of hydrogen-bond donors (Lipinski definition) is 2. The number of rotatable bonds is 1. The number of hydrogen-bond acceptors (Lipinski definition) is 3. The van der Waals surface area contributed by atoms with E-state index in [1.54, 1.807) is 6.07 Å². The monoisotopic (exact) mass is 193 g/mol. The zero-order chi connectivity index (χ0) is 10.3. The first-order valence-electron chi connectivity index (χ1n) is 4.36. The summed E-state index contributed by atoms with van der Waals surface area (Å²) >= 11 is 0. The number of aromatic carboxylic acids is 1. The van der Waals surface area contributed by atoms with E-state index in [0.717, 1.165) is 11.1 Å². The number of fused-ring (bicyclic) bond motifs is 1. The van der Waals surface area contributed by atoms with Crippen LogP contribution in [0.5, 0.6) is 5.75 Å². The number of carboxylic acids is 1. The third kappa shape index (κ3) is 1.24. The van der Waals surface area contributed by atoms with Gasteiger partial charge in [0, 0.05) is 5.56 Å². The van der Waals surface area contributed by atoms with Gasteiger partial charge in [0.15, 0.2) is 0 Å². The third-order valence-corrected chi connectivity index (χ3v) is 2.39. The summed E-state index contributed by atoms with van der Waals surface area (Å²) in [5.41, 5.74) is 7.85. The Morgan fingerprint density at radius 2 is 2.36 bits per heavy atom. The number of benzene rings is 1. The number of carboxylic acid groups (broad SMARTS) is 1. The molecular formula is C10H11NO3. The average Bonchev–Trinajstić information content (AvgIpc) is 2.48. The van der Waals surface area contributed by atoms with Crippen LogP contribution >= 0.6 is 0 Å². The fraction of sp³-hybridized carbons (Fsp3) is 0.300. The molecule has 74 valence electrons. The molecule has 0 saturated heterocycles. The summed E-state index contributed by atoms with van der Waals surface area (Å²) in [6.45, 7) is 2.28. The van der Waals surface area contributed by atoms with Crippen LogP contribution in [0.1, 0.15) is 27.5 Å². The largest absolute Gasteiger partial charge is 0.491 e. The molecule has 0 amide bonds. The predicted octanol–water partition coefficient (Wildman–Crippen LogP) is 1.09. The fourth-order valence-electron chi connectivity index (χ4n) is 1.75. The van der Waals surface area contributed by atoms with Crippen molar-refractivity contribution in [1.82, 2.24) is 0 Å². The first-order chi connectivity index (χ1) is 6.59. The van der Waals surface area contributed by atoms with Crippen LogP contribution in [-0.2, 0) is 0 Å². The predicted molar refractivity (Wildman–Crippen MR) is 50.6 cm³/mol. The van der Waals surface area contributed by atoms with Gasteiger partial charge in [-0.3, -0.25) is 0 Å². The summed E-state index contributed by atoms with van der Waals surface area (Å²) < 4.78 is 5.29. The molecule has 1 aromatic rings. The molecular weight excluding hydrogens is 182 g/mol. The van der Waals surface area contributed by atoms with E-state index in [1.165, 1.54) is 6.07 Å². The van der Waals surface area contributed by atoms with Crippen molar-refractivity contribution in [2.24, 2.45) is 5.73 Å². The van der Waals surface area contributed by atoms with E-state index < -0.39 is 5.97 Å². The SMILES string of the molecule is Cc1cc(C(=O)O)cc2c1[C@H](N)CO2. The van der Waals surface area contributed by atoms with Crippen LogP contribution in [0.15, 0.2) is 12.1 Å². The highest BCUT2D eigenvalue weighted by Crippen LogP contribution is 2.34. The lowest BCUT2D eigenvalue weighted by atomic mass is 10.0. The molecule has 1 aromatic carbocycles. The van der Waals surface area contributed by atoms with Gasteiger partial charge in [0.25, 0.3) is 0 Å². The third-order valence-electron chi connectivity index (χ3n) is 2.39. The van der Waals surface area contributed by atoms with E-state index in [0.29, 0.717) is 12.4 Å². The molecule has 4 heteroatoms. The van der Waals surface area contributed by atoms with E-state index in [9.17, 15) is 4.79 Å². The Bertz CT molecular complexity index is 401. The standard InChI is InChI=1S/C10H11NO3/c1-5-2-6(10(12)13)3-8-9(5)7(11)4-14-8/h2-3,7H,4,11H2,1H3,(H,12,13)/t7-/m1/s1. The lowest BCUT2D eigenvalue weighted by Crippen LogP contribution is -2.11. The van der Waals surface area contributed by atoms with Crippen molar-refractivity contribution >= 4 is 5.97 Å². The molecule has 1 aliphatic rings. The van der Waals surface area contributed by atoms with Crippen LogP contribution in [0.4, 0.5) is 0 Å². The Morgan fingerprint density at radius 1 is 1.64 bits per heavy atom. The van der Waals surface area contributed by atoms with E-state index in [4.69, 9.17) is 15.6 Å². The quantitative estimate of drug-likeness (QED) is 0.700. The maximum atomic E-state index is 10.7. The minimum Gasteiger partial charge on any atom is -0.491 e. The molecule has 0 fully saturated rings. The molecule has 14 heavy (non-hydrogen) atoms. The van der Waals surface area contributed by atoms with Crippen molar-refractivity contribution in [3.8, 4) is 5.75 Å². The van der Waals surface area contributed by atoms with Crippen molar-refractivity contribution < 1.29 is 14.6 Å². The molecule has 1 aliphatic heterocycles. The van der Waals surface area contributed by atoms with Gasteiger partial charge in [-0.2, -0.15) is 0 Å². The Kier molecular flexibility index (Phi) is 1.93. The summed E-state index contributed by atoms with van der Waals surface area (Å²) in [6.07, 6.45) is 0. The number of aryl methyl sites for hydroxylation is 1. The van der Waals surface area contributed by atoms with Crippen molar-refractivity contribution in [2.75, 3.05) is 6.61 Å². The van der Waals surface area contributed by atoms with Crippen LogP contribution in [0.25, 0.3) is 0 Å². The summed E-state index contributed by atoms with van der Waals surface area (Å²) in [7, 11) is 0. The molecule has 1 heterocycles. The maximum absolute atomic E-state index is 10.7. The lowest BCUT2D eigenvalue weighted by molar-refractivity contribution is 0.0696. The first-order valence-corrected chi connectivity index (χ1v) is 4.36. The van der Waals surface area contributed by atoms with Crippen LogP contribution in [0, 0.1) is 6.92 Å². The van der Waals surface area contributed by atoms with Gasteiger partial charge in [0.2, 0.25) is 0 Å². The molecule has 0 aromatic heterocycles. The van der Waals surface area contributed by atoms with Crippen molar-refractivity contribution in [2.45, 2.75) is 13.0 Å². The molecule has 3 N–H and O–H groups in total. The second kappa shape index (κ2) is 2.99. The van der Waals surface area contributed by atoms with E-state index in [-0.39, 0.29) is 11.6 Å². The van der Waals surface area contributed by atoms with E-state index >= 15 is 0 Å². The molecule has 2 rings (SSSR count). The van der Waals surface area contributed by atoms with Crippen molar-refractivity contribution in [3.63, 3.8) is 0 Å². The minimum atomic E-state index is -0.944. The number of carbonyl (C=O) groups is 1. The minimum absolute atomic E-state index is 0.132. The average molecular weight is 193 g/mol. The first kappa shape index (κ1) is 9.02. The van der Waals surface area contributed by atoms with Gasteiger partial charge in [0.05, 0.1) is 11.6 Å². The lowest BCUT2D eigenvalue weighted by Gasteiger charge is -2.06. The second-order valence-electron chi connectivity index (χ2n) is 3.43. The molecule has 0 bridgehead atoms. The highest BCUT2D eigenvalue weighted by atomic mass is 16.5. The fourth-order valence-corrected chi connectivity index (χ4v) is 1.75. The summed E-state index contributed by atoms with van der Waals surface area (Å²) in [4.78, 5) is 10.7. The van der Waals surface area contributed by atoms with Gasteiger partial charge < -0.3 is 15.6 Å². The molecule has 0 saturated carbocycles. The molecule has 0 unspecified atom stereocenters. The van der Waals surface area contributed by atoms with Gasteiger partial charge in [-0.05, 0) is 24.6 Å². The Labute approximate surface area is 81.3 Å². The molecule has 4 nitrogen and oxygen atoms in total. The number of nitrogens with two attached hydrogens (primary N) is 1. The Morgan fingerprint density at radius 3 is 3.00 bits per heavy atom. The summed E-state index contributed by atoms with van der Waals surface area (Å²) in [6, 6.07) is 3.01. The van der Waals surface area contributed by atoms with Crippen LogP contribution in [0.3, 0.4) is 0 Å².